The molecule has 0 spiro atoms. The molecule has 142 valence electrons. The standard InChI is InChI=1S/C16H22N4O4S2/c1-10(2)14(21)17-15-18-19-16(25-15)26(22,23)20-12(4)9-24-13-8-6-5-7-11(13)3/h5-8,10,12,20H,9H2,1-4H3,(H,17,18,21)/t12-/m0/s1. The van der Waals surface area contributed by atoms with E-state index in [9.17, 15) is 13.2 Å². The van der Waals surface area contributed by atoms with Crippen LogP contribution in [0.4, 0.5) is 5.13 Å². The second-order valence-electron chi connectivity index (χ2n) is 6.12. The van der Waals surface area contributed by atoms with Gasteiger partial charge in [-0.05, 0) is 25.5 Å². The fourth-order valence-corrected chi connectivity index (χ4v) is 4.05. The van der Waals surface area contributed by atoms with Crippen LogP contribution in [0.25, 0.3) is 0 Å². The van der Waals surface area contributed by atoms with Crippen molar-refractivity contribution in [2.45, 2.75) is 38.1 Å². The van der Waals surface area contributed by atoms with Gasteiger partial charge in [-0.1, -0.05) is 43.4 Å². The van der Waals surface area contributed by atoms with Gasteiger partial charge in [-0.25, -0.2) is 13.1 Å². The molecule has 0 saturated heterocycles. The van der Waals surface area contributed by atoms with Gasteiger partial charge in [0.15, 0.2) is 0 Å². The van der Waals surface area contributed by atoms with E-state index in [4.69, 9.17) is 4.74 Å². The number of carbonyl (C=O) groups is 1. The first-order valence-corrected chi connectivity index (χ1v) is 10.3. The van der Waals surface area contributed by atoms with Crippen LogP contribution < -0.4 is 14.8 Å². The minimum absolute atomic E-state index is 0.146. The molecule has 0 unspecified atom stereocenters. The third-order valence-corrected chi connectivity index (χ3v) is 6.13. The van der Waals surface area contributed by atoms with Crippen LogP contribution in [-0.2, 0) is 14.8 Å². The summed E-state index contributed by atoms with van der Waals surface area (Å²) in [4.78, 5) is 11.6. The highest BCUT2D eigenvalue weighted by atomic mass is 32.2. The number of nitrogens with zero attached hydrogens (tertiary/aromatic N) is 2. The van der Waals surface area contributed by atoms with Gasteiger partial charge in [0.2, 0.25) is 15.4 Å². The van der Waals surface area contributed by atoms with E-state index in [1.807, 2.05) is 31.2 Å². The summed E-state index contributed by atoms with van der Waals surface area (Å²) in [6, 6.07) is 7.02. The van der Waals surface area contributed by atoms with Crippen LogP contribution in [0, 0.1) is 12.8 Å². The van der Waals surface area contributed by atoms with E-state index in [-0.39, 0.29) is 27.9 Å². The largest absolute Gasteiger partial charge is 0.492 e. The predicted molar refractivity (Wildman–Crippen MR) is 99.8 cm³/mol. The van der Waals surface area contributed by atoms with Crippen LogP contribution in [0.1, 0.15) is 26.3 Å². The van der Waals surface area contributed by atoms with Crippen molar-refractivity contribution in [3.63, 3.8) is 0 Å². The fourth-order valence-electron chi connectivity index (χ4n) is 1.90. The summed E-state index contributed by atoms with van der Waals surface area (Å²) >= 11 is 0.799. The Kier molecular flexibility index (Phi) is 6.68. The molecule has 2 N–H and O–H groups in total. The Labute approximate surface area is 157 Å². The number of hydrogen-bond acceptors (Lipinski definition) is 7. The van der Waals surface area contributed by atoms with E-state index in [0.29, 0.717) is 5.75 Å². The summed E-state index contributed by atoms with van der Waals surface area (Å²) in [5.41, 5.74) is 0.970. The molecule has 1 aromatic heterocycles. The summed E-state index contributed by atoms with van der Waals surface area (Å²) < 4.78 is 32.7. The van der Waals surface area contributed by atoms with Gasteiger partial charge in [0.25, 0.3) is 10.0 Å². The smallest absolute Gasteiger partial charge is 0.270 e. The van der Waals surface area contributed by atoms with Crippen LogP contribution in [-0.4, -0.2) is 37.2 Å². The van der Waals surface area contributed by atoms with Crippen LogP contribution in [0.15, 0.2) is 28.6 Å². The second-order valence-corrected chi connectivity index (χ2v) is 8.98. The van der Waals surface area contributed by atoms with Gasteiger partial charge in [0.1, 0.15) is 12.4 Å². The lowest BCUT2D eigenvalue weighted by molar-refractivity contribution is -0.118. The summed E-state index contributed by atoms with van der Waals surface area (Å²) in [7, 11) is -3.85. The van der Waals surface area contributed by atoms with E-state index >= 15 is 0 Å². The molecule has 0 radical (unpaired) electrons. The van der Waals surface area contributed by atoms with Gasteiger partial charge in [0, 0.05) is 5.92 Å². The number of para-hydroxylation sites is 1. The molecule has 0 aliphatic rings. The molecule has 0 saturated carbocycles. The monoisotopic (exact) mass is 398 g/mol. The van der Waals surface area contributed by atoms with Gasteiger partial charge < -0.3 is 10.1 Å². The number of hydrogen-bond donors (Lipinski definition) is 2. The van der Waals surface area contributed by atoms with Gasteiger partial charge in [-0.3, -0.25) is 4.79 Å². The van der Waals surface area contributed by atoms with Gasteiger partial charge in [-0.2, -0.15) is 0 Å². The number of aryl methyl sites for hydroxylation is 1. The number of nitrogens with one attached hydrogen (secondary N) is 2. The Hall–Kier alpha value is -2.04. The zero-order chi connectivity index (χ0) is 19.3. The molecule has 2 aromatic rings. The van der Waals surface area contributed by atoms with E-state index in [2.05, 4.69) is 20.2 Å². The Morgan fingerprint density at radius 2 is 1.92 bits per heavy atom. The van der Waals surface area contributed by atoms with E-state index in [0.717, 1.165) is 16.9 Å². The molecule has 1 aromatic carbocycles. The molecule has 10 heteroatoms. The van der Waals surface area contributed by atoms with Crippen molar-refractivity contribution in [3.05, 3.63) is 29.8 Å². The quantitative estimate of drug-likeness (QED) is 0.660. The first-order valence-electron chi connectivity index (χ1n) is 8.04. The number of anilines is 1. The SMILES string of the molecule is Cc1ccccc1OC[C@H](C)NS(=O)(=O)c1nnc(NC(=O)C(C)C)s1. The lowest BCUT2D eigenvalue weighted by Gasteiger charge is -2.15. The number of benzene rings is 1. The van der Waals surface area contributed by atoms with Crippen molar-refractivity contribution in [2.24, 2.45) is 5.92 Å². The Morgan fingerprint density at radius 1 is 1.23 bits per heavy atom. The zero-order valence-electron chi connectivity index (χ0n) is 15.0. The number of aromatic nitrogens is 2. The third-order valence-electron chi connectivity index (χ3n) is 3.33. The molecule has 0 fully saturated rings. The van der Waals surface area contributed by atoms with E-state index < -0.39 is 16.1 Å². The molecule has 1 amide bonds. The number of sulfonamides is 1. The minimum Gasteiger partial charge on any atom is -0.492 e. The maximum absolute atomic E-state index is 12.4. The molecule has 0 aliphatic carbocycles. The van der Waals surface area contributed by atoms with Crippen molar-refractivity contribution >= 4 is 32.4 Å². The average Bonchev–Trinajstić information content (AvgIpc) is 3.03. The molecule has 1 atom stereocenters. The zero-order valence-corrected chi connectivity index (χ0v) is 16.6. The van der Waals surface area contributed by atoms with Crippen molar-refractivity contribution in [1.29, 1.82) is 0 Å². The number of amides is 1. The summed E-state index contributed by atoms with van der Waals surface area (Å²) in [5.74, 6) is 0.210. The van der Waals surface area contributed by atoms with Crippen molar-refractivity contribution in [2.75, 3.05) is 11.9 Å². The Balaban J connectivity index is 1.96. The maximum Gasteiger partial charge on any atom is 0.270 e. The number of ether oxygens (including phenoxy) is 1. The maximum atomic E-state index is 12.4. The van der Waals surface area contributed by atoms with Gasteiger partial charge in [0.05, 0.1) is 6.04 Å². The normalized spacial score (nSPS) is 12.8. The average molecular weight is 399 g/mol. The molecule has 1 heterocycles. The topological polar surface area (TPSA) is 110 Å². The van der Waals surface area contributed by atoms with E-state index in [1.165, 1.54) is 0 Å². The summed E-state index contributed by atoms with van der Waals surface area (Å²) in [6.45, 7) is 7.23. The number of carbonyl (C=O) groups excluding carboxylic acids is 1. The molecule has 8 nitrogen and oxygen atoms in total. The number of rotatable bonds is 8. The predicted octanol–water partition coefficient (Wildman–Crippen LogP) is 2.19. The third kappa shape index (κ3) is 5.48. The van der Waals surface area contributed by atoms with Crippen LogP contribution in [0.3, 0.4) is 0 Å². The Bertz CT molecular complexity index is 865. The van der Waals surface area contributed by atoms with Gasteiger partial charge >= 0.3 is 0 Å². The molecule has 0 bridgehead atoms. The lowest BCUT2D eigenvalue weighted by Crippen LogP contribution is -2.36. The van der Waals surface area contributed by atoms with Crippen molar-refractivity contribution in [3.8, 4) is 5.75 Å². The summed E-state index contributed by atoms with van der Waals surface area (Å²) in [6.07, 6.45) is 0. The van der Waals surface area contributed by atoms with Crippen molar-refractivity contribution < 1.29 is 17.9 Å². The van der Waals surface area contributed by atoms with Crippen LogP contribution >= 0.6 is 11.3 Å². The highest BCUT2D eigenvalue weighted by Crippen LogP contribution is 2.21. The molecular formula is C16H22N4O4S2. The first-order chi connectivity index (χ1) is 12.2. The molecule has 2 rings (SSSR count). The molecular weight excluding hydrogens is 376 g/mol. The first kappa shape index (κ1) is 20.3. The summed E-state index contributed by atoms with van der Waals surface area (Å²) in [5, 5.41) is 10.0. The van der Waals surface area contributed by atoms with Crippen LogP contribution in [0.2, 0.25) is 0 Å². The lowest BCUT2D eigenvalue weighted by atomic mass is 10.2. The Morgan fingerprint density at radius 3 is 2.58 bits per heavy atom. The van der Waals surface area contributed by atoms with E-state index in [1.54, 1.807) is 20.8 Å². The molecule has 0 aliphatic heterocycles. The minimum atomic E-state index is -3.85. The van der Waals surface area contributed by atoms with Gasteiger partial charge in [-0.15, -0.1) is 10.2 Å². The highest BCUT2D eigenvalue weighted by molar-refractivity contribution is 7.91. The second kappa shape index (κ2) is 8.56. The highest BCUT2D eigenvalue weighted by Gasteiger charge is 2.23. The fraction of sp³-hybridized carbons (Fsp3) is 0.438. The molecule has 26 heavy (non-hydrogen) atoms. The van der Waals surface area contributed by atoms with Crippen molar-refractivity contribution in [1.82, 2.24) is 14.9 Å². The van der Waals surface area contributed by atoms with Crippen LogP contribution in [0.5, 0.6) is 5.75 Å².